The molecule has 0 bridgehead atoms. The van der Waals surface area contributed by atoms with Crippen LogP contribution in [0.2, 0.25) is 0 Å². The number of rotatable bonds is 6. The maximum atomic E-state index is 12.9. The van der Waals surface area contributed by atoms with Gasteiger partial charge in [0.2, 0.25) is 5.91 Å². The first-order chi connectivity index (χ1) is 13.3. The Balaban J connectivity index is 1.49. The van der Waals surface area contributed by atoms with E-state index in [0.717, 1.165) is 30.5 Å². The van der Waals surface area contributed by atoms with Crippen molar-refractivity contribution in [3.05, 3.63) is 94.2 Å². The highest BCUT2D eigenvalue weighted by Crippen LogP contribution is 2.34. The summed E-state index contributed by atoms with van der Waals surface area (Å²) in [5, 5.41) is 5.38. The largest absolute Gasteiger partial charge is 0.344 e. The van der Waals surface area contributed by atoms with Crippen molar-refractivity contribution >= 4 is 17.2 Å². The highest BCUT2D eigenvalue weighted by Gasteiger charge is 2.29. The topological polar surface area (TPSA) is 32.3 Å². The molecule has 0 saturated carbocycles. The van der Waals surface area contributed by atoms with Crippen molar-refractivity contribution in [1.82, 2.24) is 10.2 Å². The normalized spacial score (nSPS) is 17.3. The third kappa shape index (κ3) is 4.29. The summed E-state index contributed by atoms with van der Waals surface area (Å²) in [6, 6.07) is 24.9. The fourth-order valence-corrected chi connectivity index (χ4v) is 4.76. The van der Waals surface area contributed by atoms with Crippen molar-refractivity contribution < 1.29 is 4.79 Å². The van der Waals surface area contributed by atoms with Crippen LogP contribution in [0.4, 0.5) is 0 Å². The maximum Gasteiger partial charge on any atom is 0.234 e. The standard InChI is InChI=1S/C23H24N2OS/c26-22(17-25-15-7-13-20(25)21-14-8-16-27-21)24-23(18-9-3-1-4-10-18)19-11-5-2-6-12-19/h1-6,8-12,14,16,20,23H,7,13,15,17H2,(H,24,26)/t20-/m1/s1. The van der Waals surface area contributed by atoms with Crippen molar-refractivity contribution in [1.29, 1.82) is 0 Å². The predicted octanol–water partition coefficient (Wildman–Crippen LogP) is 4.79. The Morgan fingerprint density at radius 3 is 2.26 bits per heavy atom. The van der Waals surface area contributed by atoms with Crippen molar-refractivity contribution in [2.75, 3.05) is 13.1 Å². The Kier molecular flexibility index (Phi) is 5.66. The molecule has 1 fully saturated rings. The second-order valence-electron chi connectivity index (χ2n) is 6.97. The fourth-order valence-electron chi connectivity index (χ4n) is 3.86. The van der Waals surface area contributed by atoms with E-state index in [-0.39, 0.29) is 11.9 Å². The van der Waals surface area contributed by atoms with E-state index in [2.05, 4.69) is 52.0 Å². The van der Waals surface area contributed by atoms with Gasteiger partial charge in [-0.25, -0.2) is 0 Å². The molecule has 3 aromatic rings. The molecular formula is C23H24N2OS. The Morgan fingerprint density at radius 2 is 1.67 bits per heavy atom. The maximum absolute atomic E-state index is 12.9. The summed E-state index contributed by atoms with van der Waals surface area (Å²) in [7, 11) is 0. The van der Waals surface area contributed by atoms with E-state index < -0.39 is 0 Å². The molecule has 138 valence electrons. The molecule has 1 aromatic heterocycles. The van der Waals surface area contributed by atoms with Crippen LogP contribution in [0.3, 0.4) is 0 Å². The summed E-state index contributed by atoms with van der Waals surface area (Å²) in [5.74, 6) is 0.0798. The number of hydrogen-bond donors (Lipinski definition) is 1. The third-order valence-electron chi connectivity index (χ3n) is 5.15. The first-order valence-corrected chi connectivity index (χ1v) is 10.4. The van der Waals surface area contributed by atoms with Gasteiger partial charge >= 0.3 is 0 Å². The minimum absolute atomic E-state index is 0.0798. The second-order valence-corrected chi connectivity index (χ2v) is 7.95. The van der Waals surface area contributed by atoms with Gasteiger partial charge in [-0.3, -0.25) is 9.69 Å². The quantitative estimate of drug-likeness (QED) is 0.671. The molecule has 1 N–H and O–H groups in total. The van der Waals surface area contributed by atoms with E-state index in [1.54, 1.807) is 11.3 Å². The first-order valence-electron chi connectivity index (χ1n) is 9.48. The molecule has 27 heavy (non-hydrogen) atoms. The molecule has 0 aliphatic carbocycles. The van der Waals surface area contributed by atoms with Crippen LogP contribution in [0.25, 0.3) is 0 Å². The molecule has 1 atom stereocenters. The SMILES string of the molecule is O=C(CN1CCC[C@@H]1c1cccs1)NC(c1ccccc1)c1ccccc1. The molecule has 0 spiro atoms. The Morgan fingerprint density at radius 1 is 1.00 bits per heavy atom. The molecule has 1 saturated heterocycles. The zero-order valence-corrected chi connectivity index (χ0v) is 16.1. The number of hydrogen-bond acceptors (Lipinski definition) is 3. The zero-order valence-electron chi connectivity index (χ0n) is 15.3. The molecule has 0 radical (unpaired) electrons. The Hall–Kier alpha value is -2.43. The highest BCUT2D eigenvalue weighted by molar-refractivity contribution is 7.10. The molecule has 4 rings (SSSR count). The number of carbonyl (C=O) groups excluding carboxylic acids is 1. The lowest BCUT2D eigenvalue weighted by Gasteiger charge is -2.25. The van der Waals surface area contributed by atoms with Crippen molar-refractivity contribution in [2.24, 2.45) is 0 Å². The van der Waals surface area contributed by atoms with Gasteiger partial charge in [0.25, 0.3) is 0 Å². The summed E-state index contributed by atoms with van der Waals surface area (Å²) in [6.07, 6.45) is 2.28. The van der Waals surface area contributed by atoms with Gasteiger partial charge in [0, 0.05) is 10.9 Å². The number of amides is 1. The monoisotopic (exact) mass is 376 g/mol. The summed E-state index contributed by atoms with van der Waals surface area (Å²) >= 11 is 1.79. The van der Waals surface area contributed by atoms with Crippen molar-refractivity contribution in [2.45, 2.75) is 24.9 Å². The van der Waals surface area contributed by atoms with Crippen LogP contribution in [0.15, 0.2) is 78.2 Å². The van der Waals surface area contributed by atoms with Gasteiger partial charge in [0.05, 0.1) is 12.6 Å². The number of nitrogens with one attached hydrogen (secondary N) is 1. The molecule has 2 heterocycles. The summed E-state index contributed by atoms with van der Waals surface area (Å²) < 4.78 is 0. The number of benzene rings is 2. The van der Waals surface area contributed by atoms with Crippen molar-refractivity contribution in [3.63, 3.8) is 0 Å². The molecule has 2 aromatic carbocycles. The molecule has 3 nitrogen and oxygen atoms in total. The fraction of sp³-hybridized carbons (Fsp3) is 0.261. The van der Waals surface area contributed by atoms with Crippen LogP contribution >= 0.6 is 11.3 Å². The number of likely N-dealkylation sites (tertiary alicyclic amines) is 1. The highest BCUT2D eigenvalue weighted by atomic mass is 32.1. The average molecular weight is 377 g/mol. The minimum atomic E-state index is -0.123. The van der Waals surface area contributed by atoms with E-state index in [1.807, 2.05) is 36.4 Å². The van der Waals surface area contributed by atoms with Gasteiger partial charge in [0.15, 0.2) is 0 Å². The molecule has 1 amide bonds. The Bertz CT molecular complexity index is 809. The average Bonchev–Trinajstić information content (AvgIpc) is 3.39. The van der Waals surface area contributed by atoms with Crippen LogP contribution in [0.1, 0.15) is 40.9 Å². The second kappa shape index (κ2) is 8.51. The minimum Gasteiger partial charge on any atom is -0.344 e. The Labute approximate surface area is 164 Å². The molecule has 1 aliphatic rings. The van der Waals surface area contributed by atoms with Crippen LogP contribution in [0, 0.1) is 0 Å². The van der Waals surface area contributed by atoms with Gasteiger partial charge in [-0.05, 0) is 42.0 Å². The van der Waals surface area contributed by atoms with Crippen LogP contribution in [0.5, 0.6) is 0 Å². The molecule has 0 unspecified atom stereocenters. The lowest BCUT2D eigenvalue weighted by atomic mass is 9.98. The zero-order chi connectivity index (χ0) is 18.5. The van der Waals surface area contributed by atoms with Gasteiger partial charge in [-0.2, -0.15) is 0 Å². The lowest BCUT2D eigenvalue weighted by molar-refractivity contribution is -0.123. The van der Waals surface area contributed by atoms with Gasteiger partial charge < -0.3 is 5.32 Å². The van der Waals surface area contributed by atoms with Crippen LogP contribution < -0.4 is 5.32 Å². The van der Waals surface area contributed by atoms with Crippen LogP contribution in [-0.4, -0.2) is 23.9 Å². The summed E-state index contributed by atoms with van der Waals surface area (Å²) in [5.41, 5.74) is 2.21. The lowest BCUT2D eigenvalue weighted by Crippen LogP contribution is -2.38. The van der Waals surface area contributed by atoms with Gasteiger partial charge in [-0.15, -0.1) is 11.3 Å². The predicted molar refractivity (Wildman–Crippen MR) is 111 cm³/mol. The number of thiophene rings is 1. The number of carbonyl (C=O) groups is 1. The van der Waals surface area contributed by atoms with Gasteiger partial charge in [-0.1, -0.05) is 66.7 Å². The van der Waals surface area contributed by atoms with E-state index in [1.165, 1.54) is 4.88 Å². The van der Waals surface area contributed by atoms with E-state index >= 15 is 0 Å². The van der Waals surface area contributed by atoms with Crippen molar-refractivity contribution in [3.8, 4) is 0 Å². The number of nitrogens with zero attached hydrogens (tertiary/aromatic N) is 1. The third-order valence-corrected chi connectivity index (χ3v) is 6.13. The summed E-state index contributed by atoms with van der Waals surface area (Å²) in [6.45, 7) is 1.43. The molecule has 1 aliphatic heterocycles. The van der Waals surface area contributed by atoms with Gasteiger partial charge in [0.1, 0.15) is 0 Å². The molecular weight excluding hydrogens is 352 g/mol. The summed E-state index contributed by atoms with van der Waals surface area (Å²) in [4.78, 5) is 16.6. The van der Waals surface area contributed by atoms with E-state index in [4.69, 9.17) is 0 Å². The first kappa shape index (κ1) is 18.0. The van der Waals surface area contributed by atoms with E-state index in [0.29, 0.717) is 12.6 Å². The smallest absolute Gasteiger partial charge is 0.234 e. The molecule has 4 heteroatoms. The van der Waals surface area contributed by atoms with E-state index in [9.17, 15) is 4.79 Å². The van der Waals surface area contributed by atoms with Crippen LogP contribution in [-0.2, 0) is 4.79 Å².